The lowest BCUT2D eigenvalue weighted by Gasteiger charge is -2.40. The summed E-state index contributed by atoms with van der Waals surface area (Å²) in [6, 6.07) is 1.10. The molecule has 3 heterocycles. The first-order valence-electron chi connectivity index (χ1n) is 11.2. The van der Waals surface area contributed by atoms with E-state index in [0.29, 0.717) is 50.5 Å². The highest BCUT2D eigenvalue weighted by molar-refractivity contribution is 7.08. The second-order valence-electron chi connectivity index (χ2n) is 8.30. The number of thiophene rings is 1. The number of piperazine rings is 1. The quantitative estimate of drug-likeness (QED) is 0.478. The Labute approximate surface area is 192 Å². The number of esters is 1. The molecule has 0 aromatic carbocycles. The van der Waals surface area contributed by atoms with Gasteiger partial charge in [-0.05, 0) is 42.2 Å². The molecule has 3 amide bonds. The lowest BCUT2D eigenvalue weighted by atomic mass is 9.96. The van der Waals surface area contributed by atoms with Crippen LogP contribution in [0.3, 0.4) is 0 Å². The van der Waals surface area contributed by atoms with Crippen molar-refractivity contribution in [1.29, 1.82) is 0 Å². The average Bonchev–Trinajstić information content (AvgIpc) is 3.50. The zero-order chi connectivity index (χ0) is 22.7. The molecule has 4 rings (SSSR count). The van der Waals surface area contributed by atoms with Crippen molar-refractivity contribution in [2.45, 2.75) is 25.8 Å². The molecule has 2 aliphatic heterocycles. The van der Waals surface area contributed by atoms with Gasteiger partial charge in [0.2, 0.25) is 5.91 Å². The molecule has 1 atom stereocenters. The number of ether oxygens (including phenoxy) is 1. The van der Waals surface area contributed by atoms with Gasteiger partial charge in [0, 0.05) is 50.9 Å². The molecule has 1 N–H and O–H groups in total. The van der Waals surface area contributed by atoms with Crippen molar-refractivity contribution in [3.8, 4) is 0 Å². The number of rotatable bonds is 8. The molecule has 1 saturated heterocycles. The summed E-state index contributed by atoms with van der Waals surface area (Å²) in [6.45, 7) is 9.26. The van der Waals surface area contributed by atoms with Crippen LogP contribution < -0.4 is 5.32 Å². The molecule has 9 heteroatoms. The molecule has 1 saturated carbocycles. The SMILES string of the molecule is C=CCN1C(=O)N[C@@H](c2ccsc2)C(C(=O)OCC)=C1CN1CCN(C(=O)C2CC2)CC1. The summed E-state index contributed by atoms with van der Waals surface area (Å²) in [7, 11) is 0. The number of carbonyl (C=O) groups is 3. The van der Waals surface area contributed by atoms with Crippen molar-refractivity contribution in [2.75, 3.05) is 45.9 Å². The standard InChI is InChI=1S/C23H30N4O4S/c1-3-8-27-18(14-25-9-11-26(12-10-25)21(28)16-5-6-16)19(22(29)31-4-2)20(24-23(27)30)17-7-13-32-15-17/h3,7,13,15-16,20H,1,4-6,8-12,14H2,2H3,(H,24,30)/t20-/m0/s1. The normalized spacial score (nSPS) is 22.0. The van der Waals surface area contributed by atoms with Crippen LogP contribution in [0.15, 0.2) is 40.8 Å². The molecule has 1 aromatic rings. The molecule has 32 heavy (non-hydrogen) atoms. The summed E-state index contributed by atoms with van der Waals surface area (Å²) >= 11 is 1.52. The smallest absolute Gasteiger partial charge is 0.338 e. The number of hydrogen-bond donors (Lipinski definition) is 1. The van der Waals surface area contributed by atoms with E-state index in [1.807, 2.05) is 21.7 Å². The maximum absolute atomic E-state index is 13.1. The van der Waals surface area contributed by atoms with Gasteiger partial charge in [0.1, 0.15) is 0 Å². The van der Waals surface area contributed by atoms with E-state index in [-0.39, 0.29) is 24.5 Å². The second kappa shape index (κ2) is 9.87. The molecular formula is C23H30N4O4S. The summed E-state index contributed by atoms with van der Waals surface area (Å²) in [5.41, 5.74) is 1.97. The number of hydrogen-bond acceptors (Lipinski definition) is 6. The third-order valence-electron chi connectivity index (χ3n) is 6.11. The molecule has 2 fully saturated rings. The molecule has 8 nitrogen and oxygen atoms in total. The Kier molecular flexibility index (Phi) is 6.95. The minimum absolute atomic E-state index is 0.219. The van der Waals surface area contributed by atoms with Crippen molar-refractivity contribution in [3.05, 3.63) is 46.3 Å². The van der Waals surface area contributed by atoms with Gasteiger partial charge >= 0.3 is 12.0 Å². The topological polar surface area (TPSA) is 82.2 Å². The fraction of sp³-hybridized carbons (Fsp3) is 0.522. The van der Waals surface area contributed by atoms with Crippen LogP contribution in [0, 0.1) is 5.92 Å². The van der Waals surface area contributed by atoms with Gasteiger partial charge in [-0.15, -0.1) is 6.58 Å². The van der Waals surface area contributed by atoms with Crippen LogP contribution >= 0.6 is 11.3 Å². The number of urea groups is 1. The summed E-state index contributed by atoms with van der Waals surface area (Å²) in [4.78, 5) is 44.2. The fourth-order valence-corrected chi connectivity index (χ4v) is 4.95. The molecular weight excluding hydrogens is 428 g/mol. The fourth-order valence-electron chi connectivity index (χ4n) is 4.26. The Morgan fingerprint density at radius 2 is 2.03 bits per heavy atom. The first-order valence-corrected chi connectivity index (χ1v) is 12.1. The summed E-state index contributed by atoms with van der Waals surface area (Å²) < 4.78 is 5.40. The zero-order valence-corrected chi connectivity index (χ0v) is 19.2. The van der Waals surface area contributed by atoms with Gasteiger partial charge in [-0.25, -0.2) is 9.59 Å². The third kappa shape index (κ3) is 4.73. The van der Waals surface area contributed by atoms with Crippen LogP contribution in [0.4, 0.5) is 4.79 Å². The van der Waals surface area contributed by atoms with Crippen LogP contribution in [0.25, 0.3) is 0 Å². The molecule has 1 aliphatic carbocycles. The van der Waals surface area contributed by atoms with Crippen LogP contribution in [-0.4, -0.2) is 78.5 Å². The van der Waals surface area contributed by atoms with Crippen LogP contribution in [0.5, 0.6) is 0 Å². The van der Waals surface area contributed by atoms with Crippen molar-refractivity contribution in [1.82, 2.24) is 20.0 Å². The Balaban J connectivity index is 1.61. The van der Waals surface area contributed by atoms with Crippen LogP contribution in [0.2, 0.25) is 0 Å². The highest BCUT2D eigenvalue weighted by Crippen LogP contribution is 2.34. The van der Waals surface area contributed by atoms with E-state index in [1.54, 1.807) is 17.9 Å². The van der Waals surface area contributed by atoms with E-state index in [1.165, 1.54) is 11.3 Å². The minimum Gasteiger partial charge on any atom is -0.463 e. The first kappa shape index (κ1) is 22.5. The largest absolute Gasteiger partial charge is 0.463 e. The van der Waals surface area contributed by atoms with Gasteiger partial charge in [0.25, 0.3) is 0 Å². The highest BCUT2D eigenvalue weighted by Gasteiger charge is 2.39. The van der Waals surface area contributed by atoms with E-state index >= 15 is 0 Å². The van der Waals surface area contributed by atoms with Gasteiger partial charge < -0.3 is 15.0 Å². The Morgan fingerprint density at radius 1 is 1.28 bits per heavy atom. The monoisotopic (exact) mass is 458 g/mol. The van der Waals surface area contributed by atoms with Gasteiger partial charge in [-0.2, -0.15) is 11.3 Å². The van der Waals surface area contributed by atoms with Crippen molar-refractivity contribution < 1.29 is 19.1 Å². The van der Waals surface area contributed by atoms with Crippen LogP contribution in [-0.2, 0) is 14.3 Å². The van der Waals surface area contributed by atoms with Gasteiger partial charge in [0.15, 0.2) is 0 Å². The molecule has 3 aliphatic rings. The van der Waals surface area contributed by atoms with Gasteiger partial charge in [0.05, 0.1) is 18.2 Å². The third-order valence-corrected chi connectivity index (χ3v) is 6.81. The molecule has 1 aromatic heterocycles. The molecule has 0 unspecified atom stereocenters. The second-order valence-corrected chi connectivity index (χ2v) is 9.08. The molecule has 0 spiro atoms. The lowest BCUT2D eigenvalue weighted by Crippen LogP contribution is -2.54. The summed E-state index contributed by atoms with van der Waals surface area (Å²) in [6.07, 6.45) is 3.66. The lowest BCUT2D eigenvalue weighted by molar-refractivity contribution is -0.139. The van der Waals surface area contributed by atoms with E-state index in [4.69, 9.17) is 4.74 Å². The van der Waals surface area contributed by atoms with E-state index < -0.39 is 12.0 Å². The van der Waals surface area contributed by atoms with E-state index in [0.717, 1.165) is 18.4 Å². The van der Waals surface area contributed by atoms with Gasteiger partial charge in [-0.3, -0.25) is 14.6 Å². The van der Waals surface area contributed by atoms with Gasteiger partial charge in [-0.1, -0.05) is 6.08 Å². The number of amides is 3. The first-order chi connectivity index (χ1) is 15.5. The van der Waals surface area contributed by atoms with Crippen LogP contribution in [0.1, 0.15) is 31.4 Å². The Hall–Kier alpha value is -2.65. The number of nitrogens with one attached hydrogen (secondary N) is 1. The van der Waals surface area contributed by atoms with Crippen molar-refractivity contribution in [2.24, 2.45) is 5.92 Å². The Morgan fingerprint density at radius 3 is 2.62 bits per heavy atom. The van der Waals surface area contributed by atoms with Crippen molar-refractivity contribution >= 4 is 29.2 Å². The summed E-state index contributed by atoms with van der Waals surface area (Å²) in [5.74, 6) is 0.0606. The number of carbonyl (C=O) groups excluding carboxylic acids is 3. The maximum atomic E-state index is 13.1. The van der Waals surface area contributed by atoms with E-state index in [9.17, 15) is 14.4 Å². The molecule has 172 valence electrons. The summed E-state index contributed by atoms with van der Waals surface area (Å²) in [5, 5.41) is 6.83. The predicted octanol–water partition coefficient (Wildman–Crippen LogP) is 2.37. The number of nitrogens with zero attached hydrogens (tertiary/aromatic N) is 3. The van der Waals surface area contributed by atoms with E-state index in [2.05, 4.69) is 16.8 Å². The molecule has 0 bridgehead atoms. The zero-order valence-electron chi connectivity index (χ0n) is 18.4. The predicted molar refractivity (Wildman–Crippen MR) is 122 cm³/mol. The van der Waals surface area contributed by atoms with Crippen molar-refractivity contribution in [3.63, 3.8) is 0 Å². The Bertz CT molecular complexity index is 901. The minimum atomic E-state index is -0.554. The maximum Gasteiger partial charge on any atom is 0.338 e. The molecule has 0 radical (unpaired) electrons. The average molecular weight is 459 g/mol. The highest BCUT2D eigenvalue weighted by atomic mass is 32.1.